The number of carbonyl (C=O) groups excluding carboxylic acids is 1. The van der Waals surface area contributed by atoms with Crippen LogP contribution in [0.4, 0.5) is 13.2 Å². The Morgan fingerprint density at radius 1 is 1.09 bits per heavy atom. The Kier molecular flexibility index (Phi) is 7.98. The van der Waals surface area contributed by atoms with E-state index in [1.54, 1.807) is 13.0 Å². The molecule has 0 radical (unpaired) electrons. The van der Waals surface area contributed by atoms with Crippen molar-refractivity contribution in [2.45, 2.75) is 63.8 Å². The summed E-state index contributed by atoms with van der Waals surface area (Å²) in [4.78, 5) is 26.0. The van der Waals surface area contributed by atoms with E-state index >= 15 is 0 Å². The lowest BCUT2D eigenvalue weighted by molar-refractivity contribution is -0.137. The lowest BCUT2D eigenvalue weighted by Gasteiger charge is -2.41. The van der Waals surface area contributed by atoms with Gasteiger partial charge in [-0.05, 0) is 63.1 Å². The number of aliphatic hydroxyl groups excluding tert-OH is 1. The molecule has 2 fully saturated rings. The summed E-state index contributed by atoms with van der Waals surface area (Å²) in [5, 5.41) is 9.41. The Hall–Kier alpha value is -2.23. The fourth-order valence-corrected chi connectivity index (χ4v) is 5.22. The molecule has 0 saturated carbocycles. The monoisotopic (exact) mass is 510 g/mol. The molecule has 4 rings (SSSR count). The van der Waals surface area contributed by atoms with Crippen LogP contribution in [0, 0.1) is 6.92 Å². The summed E-state index contributed by atoms with van der Waals surface area (Å²) >= 11 is 5.72. The number of likely N-dealkylation sites (tertiary alicyclic amines) is 2. The SMILES string of the molecule is Cc1c(CCc2ccc(Cl)c(C(F)(F)F)c2)ncnc1C(=O)N1CCC(N2CCC(O)CC2)CC1. The first-order chi connectivity index (χ1) is 16.6. The number of aryl methyl sites for hydroxylation is 2. The largest absolute Gasteiger partial charge is 0.417 e. The van der Waals surface area contributed by atoms with E-state index in [1.807, 2.05) is 4.90 Å². The minimum atomic E-state index is -4.51. The van der Waals surface area contributed by atoms with Crippen LogP contribution >= 0.6 is 11.6 Å². The zero-order valence-corrected chi connectivity index (χ0v) is 20.4. The highest BCUT2D eigenvalue weighted by Crippen LogP contribution is 2.35. The van der Waals surface area contributed by atoms with E-state index in [0.717, 1.165) is 44.8 Å². The van der Waals surface area contributed by atoms with Crippen LogP contribution in [0.5, 0.6) is 0 Å². The highest BCUT2D eigenvalue weighted by Gasteiger charge is 2.33. The average Bonchev–Trinajstić information content (AvgIpc) is 2.84. The van der Waals surface area contributed by atoms with Crippen LogP contribution in [-0.2, 0) is 19.0 Å². The molecule has 1 aromatic carbocycles. The fourth-order valence-electron chi connectivity index (χ4n) is 5.00. The highest BCUT2D eigenvalue weighted by molar-refractivity contribution is 6.31. The van der Waals surface area contributed by atoms with Gasteiger partial charge in [-0.1, -0.05) is 17.7 Å². The minimum Gasteiger partial charge on any atom is -0.393 e. The molecule has 0 aliphatic carbocycles. The number of piperidine rings is 2. The quantitative estimate of drug-likeness (QED) is 0.649. The lowest BCUT2D eigenvalue weighted by Crippen LogP contribution is -2.49. The second kappa shape index (κ2) is 10.8. The van der Waals surface area contributed by atoms with E-state index in [-0.39, 0.29) is 17.0 Å². The van der Waals surface area contributed by atoms with Gasteiger partial charge in [0, 0.05) is 43.5 Å². The first-order valence-electron chi connectivity index (χ1n) is 12.0. The maximum Gasteiger partial charge on any atom is 0.417 e. The van der Waals surface area contributed by atoms with E-state index < -0.39 is 11.7 Å². The van der Waals surface area contributed by atoms with Crippen molar-refractivity contribution in [3.8, 4) is 0 Å². The Labute approximate surface area is 208 Å². The molecule has 2 aliphatic heterocycles. The number of aromatic nitrogens is 2. The number of rotatable bonds is 5. The summed E-state index contributed by atoms with van der Waals surface area (Å²) < 4.78 is 39.5. The molecule has 2 aliphatic rings. The molecule has 0 bridgehead atoms. The molecule has 35 heavy (non-hydrogen) atoms. The van der Waals surface area contributed by atoms with Gasteiger partial charge in [0.15, 0.2) is 0 Å². The molecular weight excluding hydrogens is 481 g/mol. The van der Waals surface area contributed by atoms with Crippen LogP contribution in [0.2, 0.25) is 5.02 Å². The topological polar surface area (TPSA) is 69.6 Å². The molecule has 10 heteroatoms. The third-order valence-electron chi connectivity index (χ3n) is 7.14. The predicted molar refractivity (Wildman–Crippen MR) is 126 cm³/mol. The number of hydrogen-bond donors (Lipinski definition) is 1. The van der Waals surface area contributed by atoms with Crippen molar-refractivity contribution in [3.63, 3.8) is 0 Å². The smallest absolute Gasteiger partial charge is 0.393 e. The molecule has 3 heterocycles. The lowest BCUT2D eigenvalue weighted by atomic mass is 9.98. The Morgan fingerprint density at radius 2 is 1.77 bits per heavy atom. The average molecular weight is 511 g/mol. The van der Waals surface area contributed by atoms with Crippen molar-refractivity contribution in [2.24, 2.45) is 0 Å². The van der Waals surface area contributed by atoms with Crippen molar-refractivity contribution in [3.05, 3.63) is 57.6 Å². The zero-order chi connectivity index (χ0) is 25.2. The predicted octanol–water partition coefficient (Wildman–Crippen LogP) is 4.30. The van der Waals surface area contributed by atoms with E-state index in [4.69, 9.17) is 11.6 Å². The van der Waals surface area contributed by atoms with Crippen molar-refractivity contribution in [2.75, 3.05) is 26.2 Å². The van der Waals surface area contributed by atoms with Gasteiger partial charge in [0.05, 0.1) is 16.7 Å². The molecule has 6 nitrogen and oxygen atoms in total. The molecule has 2 saturated heterocycles. The van der Waals surface area contributed by atoms with Gasteiger partial charge in [0.25, 0.3) is 5.91 Å². The third-order valence-corrected chi connectivity index (χ3v) is 7.47. The number of alkyl halides is 3. The minimum absolute atomic E-state index is 0.135. The number of benzene rings is 1. The number of nitrogens with zero attached hydrogens (tertiary/aromatic N) is 4. The molecule has 1 amide bonds. The molecule has 2 aromatic rings. The van der Waals surface area contributed by atoms with Crippen molar-refractivity contribution in [1.29, 1.82) is 0 Å². The second-order valence-electron chi connectivity index (χ2n) is 9.40. The van der Waals surface area contributed by atoms with Crippen LogP contribution in [0.3, 0.4) is 0 Å². The Morgan fingerprint density at radius 3 is 2.43 bits per heavy atom. The number of halogens is 4. The van der Waals surface area contributed by atoms with Gasteiger partial charge in [-0.15, -0.1) is 0 Å². The number of aliphatic hydroxyl groups is 1. The van der Waals surface area contributed by atoms with Crippen LogP contribution < -0.4 is 0 Å². The molecule has 0 atom stereocenters. The van der Waals surface area contributed by atoms with Gasteiger partial charge >= 0.3 is 6.18 Å². The molecule has 1 N–H and O–H groups in total. The Balaban J connectivity index is 1.38. The zero-order valence-electron chi connectivity index (χ0n) is 19.7. The second-order valence-corrected chi connectivity index (χ2v) is 9.80. The standard InChI is InChI=1S/C25H30ClF3N4O2/c1-16-22(5-3-17-2-4-21(26)20(14-17)25(27,28)29)30-15-31-23(16)24(35)33-10-6-18(7-11-33)32-12-8-19(34)9-13-32/h2,4,14-15,18-19,34H,3,5-13H2,1H3. The summed E-state index contributed by atoms with van der Waals surface area (Å²) in [6.07, 6.45) is 0.732. The van der Waals surface area contributed by atoms with Crippen molar-refractivity contribution < 1.29 is 23.1 Å². The summed E-state index contributed by atoms with van der Waals surface area (Å²) in [6.45, 7) is 4.87. The molecular formula is C25H30ClF3N4O2. The molecule has 0 spiro atoms. The summed E-state index contributed by atoms with van der Waals surface area (Å²) in [6, 6.07) is 4.33. The summed E-state index contributed by atoms with van der Waals surface area (Å²) in [5.74, 6) is -0.135. The normalized spacial score (nSPS) is 18.7. The molecule has 0 unspecified atom stereocenters. The molecule has 1 aromatic heterocycles. The maximum atomic E-state index is 13.2. The van der Waals surface area contributed by atoms with Crippen molar-refractivity contribution in [1.82, 2.24) is 19.8 Å². The third kappa shape index (κ3) is 6.13. The van der Waals surface area contributed by atoms with Gasteiger partial charge in [-0.25, -0.2) is 9.97 Å². The van der Waals surface area contributed by atoms with Crippen LogP contribution in [0.25, 0.3) is 0 Å². The highest BCUT2D eigenvalue weighted by atomic mass is 35.5. The summed E-state index contributed by atoms with van der Waals surface area (Å²) in [7, 11) is 0. The maximum absolute atomic E-state index is 13.2. The Bertz CT molecular complexity index is 1050. The molecule has 190 valence electrons. The number of amides is 1. The first kappa shape index (κ1) is 25.9. The van der Waals surface area contributed by atoms with E-state index in [1.165, 1.54) is 12.4 Å². The van der Waals surface area contributed by atoms with E-state index in [9.17, 15) is 23.1 Å². The van der Waals surface area contributed by atoms with Gasteiger partial charge in [0.1, 0.15) is 12.0 Å². The van der Waals surface area contributed by atoms with Crippen LogP contribution in [0.1, 0.15) is 58.6 Å². The fraction of sp³-hybridized carbons (Fsp3) is 0.560. The van der Waals surface area contributed by atoms with Crippen molar-refractivity contribution >= 4 is 17.5 Å². The van der Waals surface area contributed by atoms with E-state index in [2.05, 4.69) is 14.9 Å². The van der Waals surface area contributed by atoms with Gasteiger partial charge in [-0.2, -0.15) is 13.2 Å². The van der Waals surface area contributed by atoms with E-state index in [0.29, 0.717) is 54.5 Å². The van der Waals surface area contributed by atoms with Gasteiger partial charge < -0.3 is 14.9 Å². The summed E-state index contributed by atoms with van der Waals surface area (Å²) in [5.41, 5.74) is 1.31. The number of hydrogen-bond acceptors (Lipinski definition) is 5. The van der Waals surface area contributed by atoms with Crippen LogP contribution in [-0.4, -0.2) is 69.1 Å². The van der Waals surface area contributed by atoms with Gasteiger partial charge in [0.2, 0.25) is 0 Å². The van der Waals surface area contributed by atoms with Crippen LogP contribution in [0.15, 0.2) is 24.5 Å². The number of carbonyl (C=O) groups is 1. The first-order valence-corrected chi connectivity index (χ1v) is 12.4. The van der Waals surface area contributed by atoms with Gasteiger partial charge in [-0.3, -0.25) is 4.79 Å².